The molecule has 1 aliphatic rings. The lowest BCUT2D eigenvalue weighted by Gasteiger charge is -2.40. The summed E-state index contributed by atoms with van der Waals surface area (Å²) in [6, 6.07) is 2.06. The Kier molecular flexibility index (Phi) is 3.78. The fourth-order valence-corrected chi connectivity index (χ4v) is 2.19. The van der Waals surface area contributed by atoms with Gasteiger partial charge < -0.3 is 10.2 Å². The predicted molar refractivity (Wildman–Crippen MR) is 75.9 cm³/mol. The molecule has 1 N–H and O–H groups in total. The molecular formula is C13H11ClF3N5. The number of alkyl halides is 3. The molecule has 0 bridgehead atoms. The Morgan fingerprint density at radius 1 is 1.18 bits per heavy atom. The summed E-state index contributed by atoms with van der Waals surface area (Å²) in [5.74, 6) is 0.746. The Labute approximate surface area is 129 Å². The zero-order valence-corrected chi connectivity index (χ0v) is 11.9. The molecule has 2 aromatic rings. The number of nitrogens with one attached hydrogen (secondary N) is 1. The maximum Gasteiger partial charge on any atom is 0.416 e. The van der Waals surface area contributed by atoms with Gasteiger partial charge in [0, 0.05) is 19.3 Å². The summed E-state index contributed by atoms with van der Waals surface area (Å²) in [5.41, 5.74) is -0.699. The third-order valence-electron chi connectivity index (χ3n) is 3.23. The Hall–Kier alpha value is -2.09. The van der Waals surface area contributed by atoms with Gasteiger partial charge in [0.25, 0.3) is 0 Å². The second kappa shape index (κ2) is 5.60. The highest BCUT2D eigenvalue weighted by atomic mass is 35.5. The quantitative estimate of drug-likeness (QED) is 0.938. The molecule has 0 amide bonds. The van der Waals surface area contributed by atoms with E-state index >= 15 is 0 Å². The van der Waals surface area contributed by atoms with Gasteiger partial charge in [0.2, 0.25) is 5.95 Å². The van der Waals surface area contributed by atoms with Gasteiger partial charge in [-0.1, -0.05) is 11.6 Å². The molecule has 0 saturated carbocycles. The molecule has 0 atom stereocenters. The molecule has 3 heterocycles. The SMILES string of the molecule is FC(F)(F)c1ccnc(N2CC(Nc3ncc(Cl)cn3)C2)c1. The van der Waals surface area contributed by atoms with Crippen LogP contribution in [0.2, 0.25) is 5.02 Å². The molecule has 3 rings (SSSR count). The maximum absolute atomic E-state index is 12.7. The average Bonchev–Trinajstić information content (AvgIpc) is 2.43. The molecule has 0 aliphatic carbocycles. The van der Waals surface area contributed by atoms with Crippen LogP contribution in [0.1, 0.15) is 5.56 Å². The van der Waals surface area contributed by atoms with Crippen molar-refractivity contribution >= 4 is 23.4 Å². The molecule has 0 spiro atoms. The molecule has 0 radical (unpaired) electrons. The third kappa shape index (κ3) is 3.22. The largest absolute Gasteiger partial charge is 0.416 e. The van der Waals surface area contributed by atoms with Crippen molar-refractivity contribution in [1.29, 1.82) is 0 Å². The number of hydrogen-bond acceptors (Lipinski definition) is 5. The van der Waals surface area contributed by atoms with Crippen LogP contribution in [0.25, 0.3) is 0 Å². The van der Waals surface area contributed by atoms with Gasteiger partial charge in [-0.05, 0) is 12.1 Å². The van der Waals surface area contributed by atoms with E-state index in [0.29, 0.717) is 29.9 Å². The van der Waals surface area contributed by atoms with Crippen molar-refractivity contribution in [2.24, 2.45) is 0 Å². The first-order valence-corrected chi connectivity index (χ1v) is 6.82. The van der Waals surface area contributed by atoms with Gasteiger partial charge in [0.15, 0.2) is 0 Å². The molecular weight excluding hydrogens is 319 g/mol. The van der Waals surface area contributed by atoms with Crippen molar-refractivity contribution in [3.63, 3.8) is 0 Å². The zero-order chi connectivity index (χ0) is 15.7. The number of nitrogens with zero attached hydrogens (tertiary/aromatic N) is 4. The highest BCUT2D eigenvalue weighted by Crippen LogP contribution is 2.31. The molecule has 1 aliphatic heterocycles. The summed E-state index contributed by atoms with van der Waals surface area (Å²) in [6.07, 6.45) is -0.248. The van der Waals surface area contributed by atoms with Gasteiger partial charge in [0.1, 0.15) is 5.82 Å². The van der Waals surface area contributed by atoms with E-state index in [2.05, 4.69) is 20.3 Å². The van der Waals surface area contributed by atoms with E-state index in [1.54, 1.807) is 4.90 Å². The Balaban J connectivity index is 1.60. The Bertz CT molecular complexity index is 655. The molecule has 22 heavy (non-hydrogen) atoms. The average molecular weight is 330 g/mol. The van der Waals surface area contributed by atoms with Gasteiger partial charge in [-0.15, -0.1) is 0 Å². The van der Waals surface area contributed by atoms with Crippen LogP contribution in [-0.4, -0.2) is 34.1 Å². The lowest BCUT2D eigenvalue weighted by atomic mass is 10.1. The summed E-state index contributed by atoms with van der Waals surface area (Å²) in [4.78, 5) is 13.7. The molecule has 9 heteroatoms. The predicted octanol–water partition coefficient (Wildman–Crippen LogP) is 2.84. The van der Waals surface area contributed by atoms with Crippen LogP contribution in [-0.2, 0) is 6.18 Å². The first-order valence-electron chi connectivity index (χ1n) is 6.44. The van der Waals surface area contributed by atoms with Gasteiger partial charge >= 0.3 is 6.18 Å². The minimum absolute atomic E-state index is 0.0533. The first kappa shape index (κ1) is 14.8. The van der Waals surface area contributed by atoms with Crippen molar-refractivity contribution in [1.82, 2.24) is 15.0 Å². The van der Waals surface area contributed by atoms with Gasteiger partial charge in [-0.3, -0.25) is 0 Å². The van der Waals surface area contributed by atoms with Crippen LogP contribution in [0, 0.1) is 0 Å². The van der Waals surface area contributed by atoms with E-state index in [-0.39, 0.29) is 6.04 Å². The van der Waals surface area contributed by atoms with Crippen LogP contribution < -0.4 is 10.2 Å². The minimum Gasteiger partial charge on any atom is -0.352 e. The van der Waals surface area contributed by atoms with E-state index in [4.69, 9.17) is 11.6 Å². The monoisotopic (exact) mass is 329 g/mol. The van der Waals surface area contributed by atoms with Crippen LogP contribution >= 0.6 is 11.6 Å². The van der Waals surface area contributed by atoms with E-state index in [9.17, 15) is 13.2 Å². The van der Waals surface area contributed by atoms with E-state index in [0.717, 1.165) is 12.1 Å². The summed E-state index contributed by atoms with van der Waals surface area (Å²) >= 11 is 5.69. The third-order valence-corrected chi connectivity index (χ3v) is 3.43. The molecule has 2 aromatic heterocycles. The smallest absolute Gasteiger partial charge is 0.352 e. The summed E-state index contributed by atoms with van der Waals surface area (Å²) in [6.45, 7) is 1.06. The number of halogens is 4. The summed E-state index contributed by atoms with van der Waals surface area (Å²) in [5, 5.41) is 3.52. The second-order valence-electron chi connectivity index (χ2n) is 4.87. The van der Waals surface area contributed by atoms with Crippen molar-refractivity contribution < 1.29 is 13.2 Å². The lowest BCUT2D eigenvalue weighted by Crippen LogP contribution is -2.55. The van der Waals surface area contributed by atoms with E-state index in [1.807, 2.05) is 0 Å². The number of hydrogen-bond donors (Lipinski definition) is 1. The number of aromatic nitrogens is 3. The van der Waals surface area contributed by atoms with E-state index < -0.39 is 11.7 Å². The summed E-state index contributed by atoms with van der Waals surface area (Å²) in [7, 11) is 0. The van der Waals surface area contributed by atoms with Gasteiger partial charge in [-0.2, -0.15) is 13.2 Å². The standard InChI is InChI=1S/C13H11ClF3N5/c14-9-4-19-12(20-5-9)21-10-6-22(7-10)11-3-8(1-2-18-11)13(15,16)17/h1-5,10H,6-7H2,(H,19,20,21). The van der Waals surface area contributed by atoms with Crippen LogP contribution in [0.15, 0.2) is 30.7 Å². The highest BCUT2D eigenvalue weighted by Gasteiger charge is 2.33. The summed E-state index contributed by atoms with van der Waals surface area (Å²) < 4.78 is 38.0. The normalized spacial score (nSPS) is 15.5. The van der Waals surface area contributed by atoms with E-state index in [1.165, 1.54) is 18.6 Å². The lowest BCUT2D eigenvalue weighted by molar-refractivity contribution is -0.137. The minimum atomic E-state index is -4.36. The molecule has 0 unspecified atom stereocenters. The molecule has 1 fully saturated rings. The number of rotatable bonds is 3. The van der Waals surface area contributed by atoms with Crippen LogP contribution in [0.4, 0.5) is 24.9 Å². The number of anilines is 2. The zero-order valence-electron chi connectivity index (χ0n) is 11.2. The van der Waals surface area contributed by atoms with Crippen molar-refractivity contribution in [2.75, 3.05) is 23.3 Å². The molecule has 116 valence electrons. The van der Waals surface area contributed by atoms with Crippen molar-refractivity contribution in [3.8, 4) is 0 Å². The van der Waals surface area contributed by atoms with Crippen LogP contribution in [0.5, 0.6) is 0 Å². The van der Waals surface area contributed by atoms with Crippen LogP contribution in [0.3, 0.4) is 0 Å². The van der Waals surface area contributed by atoms with Gasteiger partial charge in [-0.25, -0.2) is 15.0 Å². The first-order chi connectivity index (χ1) is 10.4. The Morgan fingerprint density at radius 3 is 2.50 bits per heavy atom. The topological polar surface area (TPSA) is 53.9 Å². The maximum atomic E-state index is 12.7. The fourth-order valence-electron chi connectivity index (χ4n) is 2.09. The fraction of sp³-hybridized carbons (Fsp3) is 0.308. The molecule has 1 saturated heterocycles. The molecule has 0 aromatic carbocycles. The molecule has 5 nitrogen and oxygen atoms in total. The van der Waals surface area contributed by atoms with Crippen molar-refractivity contribution in [2.45, 2.75) is 12.2 Å². The Morgan fingerprint density at radius 2 is 1.86 bits per heavy atom. The highest BCUT2D eigenvalue weighted by molar-refractivity contribution is 6.30. The van der Waals surface area contributed by atoms with Crippen molar-refractivity contribution in [3.05, 3.63) is 41.3 Å². The number of pyridine rings is 1. The van der Waals surface area contributed by atoms with Gasteiger partial charge in [0.05, 0.1) is 29.0 Å². The second-order valence-corrected chi connectivity index (χ2v) is 5.31.